The Kier molecular flexibility index (Phi) is 4.08. The second kappa shape index (κ2) is 6.17. The highest BCUT2D eigenvalue weighted by Crippen LogP contribution is 2.19. The molecule has 3 aromatic rings. The molecule has 1 amide bonds. The van der Waals surface area contributed by atoms with Crippen molar-refractivity contribution >= 4 is 40.0 Å². The molecule has 22 heavy (non-hydrogen) atoms. The van der Waals surface area contributed by atoms with Gasteiger partial charge >= 0.3 is 0 Å². The van der Waals surface area contributed by atoms with E-state index in [9.17, 15) is 4.79 Å². The molecule has 6 nitrogen and oxygen atoms in total. The van der Waals surface area contributed by atoms with Crippen LogP contribution in [0.15, 0.2) is 40.9 Å². The van der Waals surface area contributed by atoms with E-state index >= 15 is 0 Å². The normalized spacial score (nSPS) is 11.2. The van der Waals surface area contributed by atoms with Crippen molar-refractivity contribution in [2.45, 2.75) is 0 Å². The number of fused-ring (bicyclic) bond motifs is 1. The number of hydrogen-bond acceptors (Lipinski definition) is 5. The van der Waals surface area contributed by atoms with Gasteiger partial charge in [-0.25, -0.2) is 10.4 Å². The summed E-state index contributed by atoms with van der Waals surface area (Å²) in [6.07, 6.45) is 3.31. The number of amides is 1. The van der Waals surface area contributed by atoms with Gasteiger partial charge in [0.05, 0.1) is 13.3 Å². The molecule has 0 saturated carbocycles. The van der Waals surface area contributed by atoms with Crippen molar-refractivity contribution in [3.8, 4) is 5.75 Å². The minimum Gasteiger partial charge on any atom is -0.497 e. The van der Waals surface area contributed by atoms with Gasteiger partial charge in [-0.2, -0.15) is 5.10 Å². The molecule has 0 aliphatic carbocycles. The van der Waals surface area contributed by atoms with Crippen LogP contribution in [0, 0.1) is 0 Å². The number of thiazole rings is 1. The van der Waals surface area contributed by atoms with Gasteiger partial charge in [-0.3, -0.25) is 9.20 Å². The van der Waals surface area contributed by atoms with Gasteiger partial charge in [0.25, 0.3) is 5.91 Å². The fourth-order valence-electron chi connectivity index (χ4n) is 1.85. The molecule has 112 valence electrons. The summed E-state index contributed by atoms with van der Waals surface area (Å²) >= 11 is 7.50. The third-order valence-electron chi connectivity index (χ3n) is 2.96. The summed E-state index contributed by atoms with van der Waals surface area (Å²) in [5.74, 6) is 0.368. The highest BCUT2D eigenvalue weighted by molar-refractivity contribution is 7.15. The van der Waals surface area contributed by atoms with Crippen LogP contribution < -0.4 is 10.2 Å². The number of halogens is 1. The van der Waals surface area contributed by atoms with Crippen LogP contribution in [-0.2, 0) is 0 Å². The molecule has 0 fully saturated rings. The third kappa shape index (κ3) is 2.81. The van der Waals surface area contributed by atoms with Crippen LogP contribution >= 0.6 is 22.9 Å². The zero-order valence-corrected chi connectivity index (χ0v) is 13.1. The highest BCUT2D eigenvalue weighted by atomic mass is 35.5. The molecular formula is C14H11ClN4O2S. The lowest BCUT2D eigenvalue weighted by molar-refractivity contribution is 0.0955. The van der Waals surface area contributed by atoms with Crippen molar-refractivity contribution in [3.05, 3.63) is 52.3 Å². The zero-order chi connectivity index (χ0) is 15.5. The summed E-state index contributed by atoms with van der Waals surface area (Å²) in [4.78, 5) is 16.9. The number of benzene rings is 1. The van der Waals surface area contributed by atoms with Crippen LogP contribution in [-0.4, -0.2) is 28.6 Å². The minimum absolute atomic E-state index is 0.318. The Labute approximate surface area is 135 Å². The van der Waals surface area contributed by atoms with Crippen LogP contribution in [0.25, 0.3) is 4.96 Å². The van der Waals surface area contributed by atoms with Crippen molar-refractivity contribution in [2.75, 3.05) is 7.11 Å². The largest absolute Gasteiger partial charge is 0.497 e. The van der Waals surface area contributed by atoms with E-state index in [1.807, 2.05) is 11.6 Å². The van der Waals surface area contributed by atoms with Gasteiger partial charge in [-0.05, 0) is 24.3 Å². The van der Waals surface area contributed by atoms with Crippen LogP contribution in [0.3, 0.4) is 0 Å². The molecule has 0 aliphatic heterocycles. The fourth-order valence-corrected chi connectivity index (χ4v) is 2.84. The first kappa shape index (κ1) is 14.6. The number of nitrogens with zero attached hydrogens (tertiary/aromatic N) is 3. The Balaban J connectivity index is 1.72. The van der Waals surface area contributed by atoms with Crippen molar-refractivity contribution in [3.63, 3.8) is 0 Å². The summed E-state index contributed by atoms with van der Waals surface area (Å²) in [6.45, 7) is 0. The predicted molar refractivity (Wildman–Crippen MR) is 86.1 cm³/mol. The molecule has 2 aromatic heterocycles. The van der Waals surface area contributed by atoms with Crippen molar-refractivity contribution < 1.29 is 9.53 Å². The molecule has 3 rings (SSSR count). The standard InChI is InChI=1S/C14H11ClN4O2S/c1-21-10-4-2-9(3-5-10)13(20)18-16-8-11-12(15)17-14-19(11)6-7-22-14/h2-8H,1H3,(H,18,20)/b16-8-. The molecule has 0 bridgehead atoms. The number of carbonyl (C=O) groups is 1. The quantitative estimate of drug-likeness (QED) is 0.589. The monoisotopic (exact) mass is 334 g/mol. The molecule has 0 atom stereocenters. The van der Waals surface area contributed by atoms with Gasteiger partial charge in [0, 0.05) is 17.1 Å². The molecule has 0 unspecified atom stereocenters. The number of imidazole rings is 1. The Hall–Kier alpha value is -2.38. The number of nitrogens with one attached hydrogen (secondary N) is 1. The predicted octanol–water partition coefficient (Wildman–Crippen LogP) is 2.82. The van der Waals surface area contributed by atoms with E-state index in [2.05, 4.69) is 15.5 Å². The summed E-state index contributed by atoms with van der Waals surface area (Å²) in [6, 6.07) is 6.74. The smallest absolute Gasteiger partial charge is 0.271 e. The maximum atomic E-state index is 12.0. The van der Waals surface area contributed by atoms with Gasteiger partial charge < -0.3 is 4.74 Å². The Morgan fingerprint density at radius 2 is 2.23 bits per heavy atom. The lowest BCUT2D eigenvalue weighted by Crippen LogP contribution is -2.17. The average Bonchev–Trinajstić information content (AvgIpc) is 3.09. The van der Waals surface area contributed by atoms with Crippen LogP contribution in [0.1, 0.15) is 16.1 Å². The second-order valence-electron chi connectivity index (χ2n) is 4.27. The number of methoxy groups -OCH3 is 1. The van der Waals surface area contributed by atoms with E-state index < -0.39 is 0 Å². The molecule has 1 aromatic carbocycles. The number of aromatic nitrogens is 2. The summed E-state index contributed by atoms with van der Waals surface area (Å²) < 4.78 is 6.84. The maximum Gasteiger partial charge on any atom is 0.271 e. The van der Waals surface area contributed by atoms with Crippen molar-refractivity contribution in [1.82, 2.24) is 14.8 Å². The van der Waals surface area contributed by atoms with Gasteiger partial charge in [0.15, 0.2) is 10.1 Å². The number of ether oxygens (including phenoxy) is 1. The van der Waals surface area contributed by atoms with Crippen LogP contribution in [0.4, 0.5) is 0 Å². The highest BCUT2D eigenvalue weighted by Gasteiger charge is 2.09. The number of hydrazone groups is 1. The van der Waals surface area contributed by atoms with Gasteiger partial charge in [0.2, 0.25) is 0 Å². The molecule has 1 N–H and O–H groups in total. The van der Waals surface area contributed by atoms with E-state index in [0.717, 1.165) is 4.96 Å². The number of carbonyl (C=O) groups excluding carboxylic acids is 1. The molecule has 0 radical (unpaired) electrons. The molecule has 0 saturated heterocycles. The first-order valence-electron chi connectivity index (χ1n) is 6.27. The molecular weight excluding hydrogens is 324 g/mol. The lowest BCUT2D eigenvalue weighted by atomic mass is 10.2. The van der Waals surface area contributed by atoms with Crippen molar-refractivity contribution in [1.29, 1.82) is 0 Å². The zero-order valence-electron chi connectivity index (χ0n) is 11.5. The van der Waals surface area contributed by atoms with Gasteiger partial charge in [0.1, 0.15) is 11.4 Å². The average molecular weight is 335 g/mol. The first-order chi connectivity index (χ1) is 10.7. The topological polar surface area (TPSA) is 68.0 Å². The first-order valence-corrected chi connectivity index (χ1v) is 7.53. The van der Waals surface area contributed by atoms with E-state index in [0.29, 0.717) is 22.2 Å². The third-order valence-corrected chi connectivity index (χ3v) is 3.99. The van der Waals surface area contributed by atoms with E-state index in [-0.39, 0.29) is 5.91 Å². The maximum absolute atomic E-state index is 12.0. The summed E-state index contributed by atoms with van der Waals surface area (Å²) in [5, 5.41) is 6.16. The molecule has 2 heterocycles. The van der Waals surface area contributed by atoms with E-state index in [1.54, 1.807) is 35.8 Å². The van der Waals surface area contributed by atoms with Gasteiger partial charge in [-0.15, -0.1) is 11.3 Å². The van der Waals surface area contributed by atoms with E-state index in [4.69, 9.17) is 16.3 Å². The summed E-state index contributed by atoms with van der Waals surface area (Å²) in [7, 11) is 1.57. The minimum atomic E-state index is -0.318. The summed E-state index contributed by atoms with van der Waals surface area (Å²) in [5.41, 5.74) is 3.55. The molecule has 0 spiro atoms. The van der Waals surface area contributed by atoms with Gasteiger partial charge in [-0.1, -0.05) is 11.6 Å². The molecule has 8 heteroatoms. The van der Waals surface area contributed by atoms with E-state index in [1.165, 1.54) is 17.6 Å². The Bertz CT molecular complexity index is 838. The number of rotatable bonds is 4. The SMILES string of the molecule is COc1ccc(C(=O)N/N=C\c2c(Cl)nc3sccn23)cc1. The molecule has 0 aliphatic rings. The lowest BCUT2D eigenvalue weighted by Gasteiger charge is -2.02. The Morgan fingerprint density at radius 1 is 1.45 bits per heavy atom. The number of hydrogen-bond donors (Lipinski definition) is 1. The fraction of sp³-hybridized carbons (Fsp3) is 0.0714. The van der Waals surface area contributed by atoms with Crippen LogP contribution in [0.2, 0.25) is 5.15 Å². The second-order valence-corrected chi connectivity index (χ2v) is 5.50. The Morgan fingerprint density at radius 3 is 2.95 bits per heavy atom. The van der Waals surface area contributed by atoms with Crippen molar-refractivity contribution in [2.24, 2.45) is 5.10 Å². The van der Waals surface area contributed by atoms with Crippen LogP contribution in [0.5, 0.6) is 5.75 Å².